The van der Waals surface area contributed by atoms with Gasteiger partial charge in [-0.2, -0.15) is 0 Å². The van der Waals surface area contributed by atoms with Crippen molar-refractivity contribution in [2.24, 2.45) is 11.7 Å². The largest absolute Gasteiger partial charge is 0.492 e. The highest BCUT2D eigenvalue weighted by molar-refractivity contribution is 5.93. The molecule has 2 unspecified atom stereocenters. The molecule has 1 heterocycles. The van der Waals surface area contributed by atoms with Crippen molar-refractivity contribution >= 4 is 11.6 Å². The number of nitrogens with two attached hydrogens (primary N) is 1. The predicted molar refractivity (Wildman–Crippen MR) is 114 cm³/mol. The molecule has 0 aliphatic carbocycles. The second-order valence-electron chi connectivity index (χ2n) is 7.59. The number of ether oxygens (including phenoxy) is 1. The van der Waals surface area contributed by atoms with Crippen LogP contribution in [0.2, 0.25) is 0 Å². The smallest absolute Gasteiger partial charge is 0.229 e. The van der Waals surface area contributed by atoms with Crippen molar-refractivity contribution in [1.29, 1.82) is 0 Å². The number of amides is 1. The summed E-state index contributed by atoms with van der Waals surface area (Å²) in [6, 6.07) is 15.1. The number of carbonyl (C=O) groups excluding carboxylic acids is 1. The molecule has 28 heavy (non-hydrogen) atoms. The fourth-order valence-corrected chi connectivity index (χ4v) is 3.56. The second-order valence-corrected chi connectivity index (χ2v) is 7.59. The molecule has 1 fully saturated rings. The molecule has 3 N–H and O–H groups in total. The van der Waals surface area contributed by atoms with Crippen LogP contribution in [0.4, 0.5) is 5.69 Å². The van der Waals surface area contributed by atoms with Crippen LogP contribution in [-0.4, -0.2) is 37.0 Å². The molecule has 5 nitrogen and oxygen atoms in total. The molecule has 1 saturated heterocycles. The lowest BCUT2D eigenvalue weighted by Crippen LogP contribution is -2.30. The third kappa shape index (κ3) is 5.33. The van der Waals surface area contributed by atoms with Crippen LogP contribution in [0.25, 0.3) is 0 Å². The maximum Gasteiger partial charge on any atom is 0.229 e. The van der Waals surface area contributed by atoms with Crippen LogP contribution in [0, 0.1) is 12.8 Å². The third-order valence-corrected chi connectivity index (χ3v) is 5.44. The summed E-state index contributed by atoms with van der Waals surface area (Å²) < 4.78 is 5.93. The van der Waals surface area contributed by atoms with E-state index in [9.17, 15) is 4.79 Å². The van der Waals surface area contributed by atoms with Crippen LogP contribution in [-0.2, 0) is 4.79 Å². The number of carbonyl (C=O) groups is 1. The van der Waals surface area contributed by atoms with Gasteiger partial charge in [-0.1, -0.05) is 37.3 Å². The van der Waals surface area contributed by atoms with E-state index in [1.54, 1.807) is 0 Å². The molecule has 2 aromatic rings. The number of hydrogen-bond donors (Lipinski definition) is 2. The van der Waals surface area contributed by atoms with E-state index in [4.69, 9.17) is 10.5 Å². The zero-order valence-electron chi connectivity index (χ0n) is 16.9. The molecule has 0 spiro atoms. The van der Waals surface area contributed by atoms with Crippen molar-refractivity contribution in [2.75, 3.05) is 31.6 Å². The lowest BCUT2D eigenvalue weighted by Gasteiger charge is -2.20. The molecule has 0 radical (unpaired) electrons. The summed E-state index contributed by atoms with van der Waals surface area (Å²) in [5.41, 5.74) is 9.01. The number of benzene rings is 2. The van der Waals surface area contributed by atoms with Gasteiger partial charge >= 0.3 is 0 Å². The van der Waals surface area contributed by atoms with Crippen LogP contribution in [0.5, 0.6) is 5.75 Å². The van der Waals surface area contributed by atoms with E-state index >= 15 is 0 Å². The molecule has 0 saturated carbocycles. The summed E-state index contributed by atoms with van der Waals surface area (Å²) in [4.78, 5) is 15.0. The van der Waals surface area contributed by atoms with Crippen molar-refractivity contribution in [2.45, 2.75) is 32.7 Å². The van der Waals surface area contributed by atoms with E-state index in [0.717, 1.165) is 29.1 Å². The van der Waals surface area contributed by atoms with Crippen LogP contribution in [0.15, 0.2) is 48.5 Å². The normalized spacial score (nSPS) is 16.5. The third-order valence-electron chi connectivity index (χ3n) is 5.44. The van der Waals surface area contributed by atoms with E-state index in [-0.39, 0.29) is 17.9 Å². The molecule has 1 amide bonds. The van der Waals surface area contributed by atoms with Crippen LogP contribution < -0.4 is 15.8 Å². The second kappa shape index (κ2) is 9.71. The Morgan fingerprint density at radius 2 is 1.89 bits per heavy atom. The molecule has 5 heteroatoms. The first kappa shape index (κ1) is 20.4. The number of nitrogens with one attached hydrogen (secondary N) is 1. The molecule has 1 aliphatic heterocycles. The lowest BCUT2D eigenvalue weighted by molar-refractivity contribution is -0.120. The van der Waals surface area contributed by atoms with Gasteiger partial charge in [0.1, 0.15) is 12.4 Å². The minimum absolute atomic E-state index is 0.0848. The van der Waals surface area contributed by atoms with Gasteiger partial charge in [0, 0.05) is 18.3 Å². The first-order chi connectivity index (χ1) is 13.5. The van der Waals surface area contributed by atoms with E-state index in [1.807, 2.05) is 62.4 Å². The quantitative estimate of drug-likeness (QED) is 0.731. The first-order valence-electron chi connectivity index (χ1n) is 10.1. The van der Waals surface area contributed by atoms with Crippen LogP contribution >= 0.6 is 0 Å². The monoisotopic (exact) mass is 381 g/mol. The van der Waals surface area contributed by atoms with Gasteiger partial charge in [-0.05, 0) is 62.2 Å². The Hall–Kier alpha value is -2.37. The Morgan fingerprint density at radius 1 is 1.18 bits per heavy atom. The standard InChI is InChI=1S/C23H31N3O2/c1-17-16-20(10-11-21(17)28-15-14-26-12-6-7-13-26)25-23(27)18(2)22(24)19-8-4-3-5-9-19/h3-5,8-11,16,18,22H,6-7,12-15,24H2,1-2H3,(H,25,27). The zero-order valence-corrected chi connectivity index (χ0v) is 16.9. The van der Waals surface area contributed by atoms with Crippen molar-refractivity contribution in [1.82, 2.24) is 4.90 Å². The molecule has 3 rings (SSSR count). The summed E-state index contributed by atoms with van der Waals surface area (Å²) >= 11 is 0. The molecule has 2 aromatic carbocycles. The van der Waals surface area contributed by atoms with Crippen molar-refractivity contribution in [3.8, 4) is 5.75 Å². The Labute approximate surface area is 167 Å². The first-order valence-corrected chi connectivity index (χ1v) is 10.1. The van der Waals surface area contributed by atoms with Gasteiger partial charge in [-0.25, -0.2) is 0 Å². The summed E-state index contributed by atoms with van der Waals surface area (Å²) in [5, 5.41) is 2.98. The maximum atomic E-state index is 12.6. The average molecular weight is 382 g/mol. The molecular formula is C23H31N3O2. The van der Waals surface area contributed by atoms with Gasteiger partial charge in [0.15, 0.2) is 0 Å². The Morgan fingerprint density at radius 3 is 2.57 bits per heavy atom. The summed E-state index contributed by atoms with van der Waals surface area (Å²) in [6.07, 6.45) is 2.58. The Bertz CT molecular complexity index is 773. The number of rotatable bonds is 8. The van der Waals surface area contributed by atoms with Gasteiger partial charge in [-0.15, -0.1) is 0 Å². The van der Waals surface area contributed by atoms with Crippen molar-refractivity contribution in [3.05, 3.63) is 59.7 Å². The van der Waals surface area contributed by atoms with Gasteiger partial charge in [0.25, 0.3) is 0 Å². The van der Waals surface area contributed by atoms with E-state index in [2.05, 4.69) is 10.2 Å². The average Bonchev–Trinajstić information content (AvgIpc) is 3.22. The molecular weight excluding hydrogens is 350 g/mol. The van der Waals surface area contributed by atoms with E-state index < -0.39 is 0 Å². The summed E-state index contributed by atoms with van der Waals surface area (Å²) in [5.74, 6) is 0.448. The highest BCUT2D eigenvalue weighted by Gasteiger charge is 2.22. The minimum Gasteiger partial charge on any atom is -0.492 e. The highest BCUT2D eigenvalue weighted by Crippen LogP contribution is 2.24. The minimum atomic E-state index is -0.338. The molecule has 2 atom stereocenters. The SMILES string of the molecule is Cc1cc(NC(=O)C(C)C(N)c2ccccc2)ccc1OCCN1CCCC1. The lowest BCUT2D eigenvalue weighted by atomic mass is 9.94. The van der Waals surface area contributed by atoms with Gasteiger partial charge in [-0.3, -0.25) is 9.69 Å². The topological polar surface area (TPSA) is 67.6 Å². The number of likely N-dealkylation sites (tertiary alicyclic amines) is 1. The fourth-order valence-electron chi connectivity index (χ4n) is 3.56. The Kier molecular flexibility index (Phi) is 7.06. The number of aryl methyl sites for hydroxylation is 1. The van der Waals surface area contributed by atoms with Crippen LogP contribution in [0.3, 0.4) is 0 Å². The molecule has 150 valence electrons. The number of nitrogens with zero attached hydrogens (tertiary/aromatic N) is 1. The van der Waals surface area contributed by atoms with Crippen LogP contribution in [0.1, 0.15) is 36.9 Å². The molecule has 1 aliphatic rings. The number of anilines is 1. The number of hydrogen-bond acceptors (Lipinski definition) is 4. The molecule has 0 bridgehead atoms. The fraction of sp³-hybridized carbons (Fsp3) is 0.435. The van der Waals surface area contributed by atoms with Gasteiger partial charge in [0.05, 0.1) is 5.92 Å². The summed E-state index contributed by atoms with van der Waals surface area (Å²) in [6.45, 7) is 7.87. The van der Waals surface area contributed by atoms with Crippen molar-refractivity contribution in [3.63, 3.8) is 0 Å². The van der Waals surface area contributed by atoms with Gasteiger partial charge < -0.3 is 15.8 Å². The molecule has 0 aromatic heterocycles. The summed E-state index contributed by atoms with van der Waals surface area (Å²) in [7, 11) is 0. The van der Waals surface area contributed by atoms with E-state index in [0.29, 0.717) is 6.61 Å². The zero-order chi connectivity index (χ0) is 19.9. The maximum absolute atomic E-state index is 12.6. The van der Waals surface area contributed by atoms with E-state index in [1.165, 1.54) is 25.9 Å². The predicted octanol–water partition coefficient (Wildman–Crippen LogP) is 3.74. The van der Waals surface area contributed by atoms with Gasteiger partial charge in [0.2, 0.25) is 5.91 Å². The van der Waals surface area contributed by atoms with Crippen molar-refractivity contribution < 1.29 is 9.53 Å². The Balaban J connectivity index is 1.53. The highest BCUT2D eigenvalue weighted by atomic mass is 16.5.